The molecule has 2 aromatic carbocycles. The fourth-order valence-corrected chi connectivity index (χ4v) is 4.43. The summed E-state index contributed by atoms with van der Waals surface area (Å²) in [5.74, 6) is -10.6. The van der Waals surface area contributed by atoms with E-state index >= 15 is 0 Å². The van der Waals surface area contributed by atoms with Crippen LogP contribution < -0.4 is 0 Å². The van der Waals surface area contributed by atoms with Crippen LogP contribution in [0, 0.1) is 29.1 Å². The van der Waals surface area contributed by atoms with E-state index in [9.17, 15) is 26.7 Å². The molecule has 30 heavy (non-hydrogen) atoms. The number of pyridine rings is 1. The lowest BCUT2D eigenvalue weighted by molar-refractivity contribution is 0.0984. The van der Waals surface area contributed by atoms with Crippen LogP contribution in [0.4, 0.5) is 22.0 Å². The third-order valence-electron chi connectivity index (χ3n) is 4.67. The van der Waals surface area contributed by atoms with Gasteiger partial charge in [0.05, 0.1) is 10.6 Å². The number of hydrogen-bond acceptors (Lipinski definition) is 3. The van der Waals surface area contributed by atoms with Crippen molar-refractivity contribution in [3.8, 4) is 10.6 Å². The zero-order chi connectivity index (χ0) is 21.4. The molecule has 2 aromatic heterocycles. The Morgan fingerprint density at radius 1 is 0.833 bits per heavy atom. The quantitative estimate of drug-likeness (QED) is 0.156. The molecule has 4 aromatic rings. The Morgan fingerprint density at radius 2 is 1.47 bits per heavy atom. The maximum atomic E-state index is 14.0. The van der Waals surface area contributed by atoms with Crippen molar-refractivity contribution in [2.45, 2.75) is 12.8 Å². The van der Waals surface area contributed by atoms with Crippen LogP contribution in [-0.2, 0) is 6.42 Å². The van der Waals surface area contributed by atoms with E-state index in [0.29, 0.717) is 21.5 Å². The largest absolute Gasteiger partial charge is 0.294 e. The van der Waals surface area contributed by atoms with Crippen LogP contribution in [0.15, 0.2) is 48.7 Å². The molecule has 152 valence electrons. The van der Waals surface area contributed by atoms with Crippen LogP contribution in [0.5, 0.6) is 0 Å². The number of aromatic nitrogens is 1. The number of hydrogen-bond donors (Lipinski definition) is 0. The minimum atomic E-state index is -2.22. The van der Waals surface area contributed by atoms with Gasteiger partial charge in [-0.1, -0.05) is 24.3 Å². The molecule has 0 fully saturated rings. The molecule has 0 aliphatic heterocycles. The van der Waals surface area contributed by atoms with Crippen LogP contribution in [0.2, 0.25) is 0 Å². The monoisotopic (exact) mass is 433 g/mol. The molecular weight excluding hydrogens is 421 g/mol. The van der Waals surface area contributed by atoms with E-state index < -0.39 is 53.3 Å². The molecule has 0 aliphatic carbocycles. The summed E-state index contributed by atoms with van der Waals surface area (Å²) in [6.45, 7) is 0. The van der Waals surface area contributed by atoms with Gasteiger partial charge in [-0.25, -0.2) is 22.0 Å². The molecule has 2 nitrogen and oxygen atoms in total. The van der Waals surface area contributed by atoms with Crippen molar-refractivity contribution in [1.29, 1.82) is 0 Å². The Hall–Kier alpha value is -3.13. The van der Waals surface area contributed by atoms with E-state index in [-0.39, 0.29) is 0 Å². The highest BCUT2D eigenvalue weighted by molar-refractivity contribution is 7.22. The molecule has 0 N–H and O–H groups in total. The molecule has 0 amide bonds. The number of benzene rings is 2. The lowest BCUT2D eigenvalue weighted by Gasteiger charge is -2.08. The zero-order valence-corrected chi connectivity index (χ0v) is 16.0. The average molecular weight is 433 g/mol. The predicted molar refractivity (Wildman–Crippen MR) is 104 cm³/mol. The Kier molecular flexibility index (Phi) is 5.34. The minimum Gasteiger partial charge on any atom is -0.294 e. The summed E-state index contributed by atoms with van der Waals surface area (Å²) >= 11 is 1.34. The summed E-state index contributed by atoms with van der Waals surface area (Å²) in [7, 11) is 0. The smallest absolute Gasteiger partial charge is 0.200 e. The summed E-state index contributed by atoms with van der Waals surface area (Å²) < 4.78 is 68.8. The van der Waals surface area contributed by atoms with Crippen LogP contribution >= 0.6 is 11.3 Å². The van der Waals surface area contributed by atoms with Crippen LogP contribution in [0.3, 0.4) is 0 Å². The first-order valence-electron chi connectivity index (χ1n) is 8.86. The van der Waals surface area contributed by atoms with Gasteiger partial charge in [-0.3, -0.25) is 9.78 Å². The number of carbonyl (C=O) groups is 1. The zero-order valence-electron chi connectivity index (χ0n) is 15.2. The molecule has 0 bridgehead atoms. The van der Waals surface area contributed by atoms with E-state index in [0.717, 1.165) is 4.70 Å². The van der Waals surface area contributed by atoms with Gasteiger partial charge in [-0.2, -0.15) is 0 Å². The maximum absolute atomic E-state index is 14.0. The molecular formula is C22H12F5NOS. The van der Waals surface area contributed by atoms with Gasteiger partial charge >= 0.3 is 0 Å². The van der Waals surface area contributed by atoms with E-state index in [1.165, 1.54) is 11.3 Å². The van der Waals surface area contributed by atoms with E-state index in [1.54, 1.807) is 36.5 Å². The Labute approximate surface area is 171 Å². The Bertz CT molecular complexity index is 1240. The van der Waals surface area contributed by atoms with Gasteiger partial charge in [-0.15, -0.1) is 11.3 Å². The van der Waals surface area contributed by atoms with Gasteiger partial charge in [0.2, 0.25) is 5.82 Å². The number of carbonyl (C=O) groups excluding carboxylic acids is 1. The SMILES string of the molecule is O=C(CCc1c(F)c(F)c(F)c(F)c1F)c1c(-c2ccccn2)sc2ccccc12. The number of Topliss-reactive ketones (excluding diaryl/α,β-unsaturated/α-hetero) is 1. The second kappa shape index (κ2) is 7.95. The van der Waals surface area contributed by atoms with Crippen LogP contribution in [-0.4, -0.2) is 10.8 Å². The van der Waals surface area contributed by atoms with Crippen molar-refractivity contribution in [1.82, 2.24) is 4.98 Å². The Balaban J connectivity index is 1.74. The van der Waals surface area contributed by atoms with Crippen molar-refractivity contribution in [3.63, 3.8) is 0 Å². The van der Waals surface area contributed by atoms with Crippen LogP contribution in [0.25, 0.3) is 20.7 Å². The fraction of sp³-hybridized carbons (Fsp3) is 0.0909. The highest BCUT2D eigenvalue weighted by atomic mass is 32.1. The van der Waals surface area contributed by atoms with Gasteiger partial charge in [0.1, 0.15) is 0 Å². The lowest BCUT2D eigenvalue weighted by atomic mass is 9.98. The van der Waals surface area contributed by atoms with Gasteiger partial charge in [0.25, 0.3) is 0 Å². The molecule has 8 heteroatoms. The second-order valence-electron chi connectivity index (χ2n) is 6.49. The lowest BCUT2D eigenvalue weighted by Crippen LogP contribution is -2.10. The van der Waals surface area contributed by atoms with E-state index in [4.69, 9.17) is 0 Å². The maximum Gasteiger partial charge on any atom is 0.200 e. The number of rotatable bonds is 5. The first-order valence-corrected chi connectivity index (χ1v) is 9.68. The number of nitrogens with zero attached hydrogens (tertiary/aromatic N) is 1. The summed E-state index contributed by atoms with van der Waals surface area (Å²) in [5.41, 5.74) is -0.130. The van der Waals surface area contributed by atoms with Gasteiger partial charge < -0.3 is 0 Å². The van der Waals surface area contributed by atoms with Crippen molar-refractivity contribution >= 4 is 27.2 Å². The molecule has 0 spiro atoms. The molecule has 0 radical (unpaired) electrons. The van der Waals surface area contributed by atoms with Crippen molar-refractivity contribution in [3.05, 3.63) is 88.9 Å². The molecule has 0 aliphatic rings. The number of thiophene rings is 1. The van der Waals surface area contributed by atoms with E-state index in [2.05, 4.69) is 4.98 Å². The molecule has 0 saturated carbocycles. The highest BCUT2D eigenvalue weighted by Crippen LogP contribution is 2.38. The third kappa shape index (κ3) is 3.37. The topological polar surface area (TPSA) is 30.0 Å². The van der Waals surface area contributed by atoms with Crippen molar-refractivity contribution < 1.29 is 26.7 Å². The molecule has 0 saturated heterocycles. The van der Waals surface area contributed by atoms with E-state index in [1.807, 2.05) is 12.1 Å². The second-order valence-corrected chi connectivity index (χ2v) is 7.54. The average Bonchev–Trinajstić information content (AvgIpc) is 3.16. The number of ketones is 1. The van der Waals surface area contributed by atoms with Crippen LogP contribution in [0.1, 0.15) is 22.3 Å². The molecule has 4 rings (SSSR count). The minimum absolute atomic E-state index is 0.318. The molecule has 0 unspecified atom stereocenters. The van der Waals surface area contributed by atoms with Gasteiger partial charge in [-0.05, 0) is 24.6 Å². The Morgan fingerprint density at radius 3 is 2.13 bits per heavy atom. The normalized spacial score (nSPS) is 11.2. The molecule has 0 atom stereocenters. The van der Waals surface area contributed by atoms with Crippen molar-refractivity contribution in [2.24, 2.45) is 0 Å². The molecule has 2 heterocycles. The van der Waals surface area contributed by atoms with Gasteiger partial charge in [0, 0.05) is 33.8 Å². The van der Waals surface area contributed by atoms with Crippen molar-refractivity contribution in [2.75, 3.05) is 0 Å². The highest BCUT2D eigenvalue weighted by Gasteiger charge is 2.27. The summed E-state index contributed by atoms with van der Waals surface area (Å²) in [6.07, 6.45) is 0.512. The first kappa shape index (κ1) is 20.2. The summed E-state index contributed by atoms with van der Waals surface area (Å²) in [5, 5.41) is 0.644. The van der Waals surface area contributed by atoms with Gasteiger partial charge in [0.15, 0.2) is 29.1 Å². The fourth-order valence-electron chi connectivity index (χ4n) is 3.23. The number of fused-ring (bicyclic) bond motifs is 1. The summed E-state index contributed by atoms with van der Waals surface area (Å²) in [6, 6.07) is 12.3. The third-order valence-corrected chi connectivity index (χ3v) is 5.87. The first-order chi connectivity index (χ1) is 14.4. The summed E-state index contributed by atoms with van der Waals surface area (Å²) in [4.78, 5) is 17.9. The standard InChI is InChI=1S/C22H12F5NOS/c23-17-12(18(24)20(26)21(27)19(17)25)8-9-14(29)16-11-5-1-2-7-15(11)30-22(16)13-6-3-4-10-28-13/h1-7,10H,8-9H2. The predicted octanol–water partition coefficient (Wildman–Crippen LogP) is 6.47. The number of halogens is 5.